The van der Waals surface area contributed by atoms with Gasteiger partial charge in [-0.25, -0.2) is 0 Å². The maximum atomic E-state index is 9.15. The number of hydrogen-bond acceptors (Lipinski definition) is 2. The third-order valence-corrected chi connectivity index (χ3v) is 4.03. The van der Waals surface area contributed by atoms with E-state index in [1.54, 1.807) is 0 Å². The van der Waals surface area contributed by atoms with Crippen molar-refractivity contribution in [1.82, 2.24) is 0 Å². The van der Waals surface area contributed by atoms with Gasteiger partial charge in [0.2, 0.25) is 0 Å². The van der Waals surface area contributed by atoms with E-state index >= 15 is 0 Å². The highest BCUT2D eigenvalue weighted by atomic mass is 79.9. The van der Waals surface area contributed by atoms with Gasteiger partial charge in [-0.05, 0) is 55.2 Å². The Balaban J connectivity index is 2.36. The topological polar surface area (TPSA) is 29.5 Å². The molecule has 0 aliphatic carbocycles. The molecular formula is C16H17BrO2. The molecule has 0 spiro atoms. The van der Waals surface area contributed by atoms with Gasteiger partial charge in [-0.1, -0.05) is 34.1 Å². The molecule has 3 heteroatoms. The fourth-order valence-electron chi connectivity index (χ4n) is 1.92. The van der Waals surface area contributed by atoms with Gasteiger partial charge >= 0.3 is 0 Å². The van der Waals surface area contributed by atoms with E-state index in [0.29, 0.717) is 0 Å². The molecule has 2 rings (SSSR count). The summed E-state index contributed by atoms with van der Waals surface area (Å²) in [4.78, 5) is 0. The molecule has 0 heterocycles. The first-order valence-corrected chi connectivity index (χ1v) is 6.96. The van der Waals surface area contributed by atoms with E-state index in [2.05, 4.69) is 41.9 Å². The van der Waals surface area contributed by atoms with Crippen LogP contribution in [-0.4, -0.2) is 5.11 Å². The van der Waals surface area contributed by atoms with Crippen molar-refractivity contribution in [3.63, 3.8) is 0 Å². The molecule has 0 aromatic heterocycles. The van der Waals surface area contributed by atoms with Crippen molar-refractivity contribution in [1.29, 1.82) is 0 Å². The second-order valence-electron chi connectivity index (χ2n) is 4.67. The van der Waals surface area contributed by atoms with Gasteiger partial charge in [-0.3, -0.25) is 0 Å². The van der Waals surface area contributed by atoms with Crippen molar-refractivity contribution in [2.75, 3.05) is 0 Å². The molecule has 100 valence electrons. The number of aryl methyl sites for hydroxylation is 2. The third-order valence-electron chi connectivity index (χ3n) is 3.29. The summed E-state index contributed by atoms with van der Waals surface area (Å²) >= 11 is 3.43. The van der Waals surface area contributed by atoms with Gasteiger partial charge in [-0.2, -0.15) is 0 Å². The molecule has 1 N–H and O–H groups in total. The van der Waals surface area contributed by atoms with Crippen LogP contribution < -0.4 is 4.74 Å². The monoisotopic (exact) mass is 320 g/mol. The molecule has 0 aliphatic heterocycles. The number of aliphatic hydroxyl groups is 1. The molecule has 2 aromatic carbocycles. The van der Waals surface area contributed by atoms with Crippen molar-refractivity contribution in [2.45, 2.75) is 27.4 Å². The highest BCUT2D eigenvalue weighted by Gasteiger charge is 2.09. The largest absolute Gasteiger partial charge is 0.457 e. The van der Waals surface area contributed by atoms with Gasteiger partial charge in [0.05, 0.1) is 6.61 Å². The second kappa shape index (κ2) is 5.76. The summed E-state index contributed by atoms with van der Waals surface area (Å²) < 4.78 is 6.85. The molecule has 0 unspecified atom stereocenters. The average molecular weight is 321 g/mol. The molecule has 0 radical (unpaired) electrons. The molecule has 2 aromatic rings. The minimum absolute atomic E-state index is 0.0172. The summed E-state index contributed by atoms with van der Waals surface area (Å²) in [5, 5.41) is 9.15. The zero-order chi connectivity index (χ0) is 14.0. The lowest BCUT2D eigenvalue weighted by Crippen LogP contribution is -1.94. The number of aliphatic hydroxyl groups excluding tert-OH is 1. The Morgan fingerprint density at radius 3 is 2.37 bits per heavy atom. The Morgan fingerprint density at radius 2 is 1.74 bits per heavy atom. The molecule has 0 fully saturated rings. The van der Waals surface area contributed by atoms with Crippen LogP contribution in [0.15, 0.2) is 34.8 Å². The number of benzene rings is 2. The molecule has 0 saturated heterocycles. The van der Waals surface area contributed by atoms with Gasteiger partial charge < -0.3 is 9.84 Å². The molecular weight excluding hydrogens is 304 g/mol. The van der Waals surface area contributed by atoms with Crippen LogP contribution in [0.5, 0.6) is 11.5 Å². The molecule has 0 saturated carbocycles. The first kappa shape index (κ1) is 14.1. The van der Waals surface area contributed by atoms with E-state index in [1.807, 2.05) is 25.1 Å². The van der Waals surface area contributed by atoms with Crippen LogP contribution in [0, 0.1) is 20.8 Å². The minimum Gasteiger partial charge on any atom is -0.457 e. The Labute approximate surface area is 122 Å². The normalized spacial score (nSPS) is 10.6. The van der Waals surface area contributed by atoms with Crippen molar-refractivity contribution >= 4 is 15.9 Å². The smallest absolute Gasteiger partial charge is 0.133 e. The zero-order valence-electron chi connectivity index (χ0n) is 11.3. The number of ether oxygens (including phenoxy) is 1. The van der Waals surface area contributed by atoms with Crippen molar-refractivity contribution in [2.24, 2.45) is 0 Å². The zero-order valence-corrected chi connectivity index (χ0v) is 12.9. The summed E-state index contributed by atoms with van der Waals surface area (Å²) in [6.07, 6.45) is 0. The number of hydrogen-bond donors (Lipinski definition) is 1. The summed E-state index contributed by atoms with van der Waals surface area (Å²) in [5.41, 5.74) is 4.34. The molecule has 0 bridgehead atoms. The summed E-state index contributed by atoms with van der Waals surface area (Å²) in [7, 11) is 0. The quantitative estimate of drug-likeness (QED) is 0.891. The Hall–Kier alpha value is -1.32. The Bertz CT molecular complexity index is 606. The Kier molecular flexibility index (Phi) is 4.27. The van der Waals surface area contributed by atoms with Crippen LogP contribution in [0.1, 0.15) is 22.3 Å². The van der Waals surface area contributed by atoms with Crippen LogP contribution in [0.3, 0.4) is 0 Å². The first-order chi connectivity index (χ1) is 9.02. The SMILES string of the molecule is Cc1ccc(C)c(Oc2ccc(CO)c(Br)c2)c1C. The maximum Gasteiger partial charge on any atom is 0.133 e. The van der Waals surface area contributed by atoms with Crippen LogP contribution in [-0.2, 0) is 6.61 Å². The maximum absolute atomic E-state index is 9.15. The Morgan fingerprint density at radius 1 is 1.05 bits per heavy atom. The average Bonchev–Trinajstić information content (AvgIpc) is 2.39. The lowest BCUT2D eigenvalue weighted by atomic mass is 10.1. The van der Waals surface area contributed by atoms with Gasteiger partial charge in [0.1, 0.15) is 11.5 Å². The van der Waals surface area contributed by atoms with E-state index < -0.39 is 0 Å². The van der Waals surface area contributed by atoms with Crippen LogP contribution in [0.25, 0.3) is 0 Å². The molecule has 2 nitrogen and oxygen atoms in total. The fraction of sp³-hybridized carbons (Fsp3) is 0.250. The van der Waals surface area contributed by atoms with Crippen molar-refractivity contribution < 1.29 is 9.84 Å². The summed E-state index contributed by atoms with van der Waals surface area (Å²) in [6, 6.07) is 9.78. The van der Waals surface area contributed by atoms with E-state index in [0.717, 1.165) is 32.7 Å². The van der Waals surface area contributed by atoms with Crippen LogP contribution >= 0.6 is 15.9 Å². The first-order valence-electron chi connectivity index (χ1n) is 6.17. The lowest BCUT2D eigenvalue weighted by molar-refractivity contribution is 0.281. The number of rotatable bonds is 3. The van der Waals surface area contributed by atoms with E-state index in [1.165, 1.54) is 5.56 Å². The fourth-order valence-corrected chi connectivity index (χ4v) is 2.40. The number of halogens is 1. The van der Waals surface area contributed by atoms with E-state index in [9.17, 15) is 0 Å². The molecule has 0 aliphatic rings. The van der Waals surface area contributed by atoms with Gasteiger partial charge in [0.15, 0.2) is 0 Å². The predicted molar refractivity (Wildman–Crippen MR) is 80.8 cm³/mol. The van der Waals surface area contributed by atoms with Crippen LogP contribution in [0.2, 0.25) is 0 Å². The third kappa shape index (κ3) is 2.99. The predicted octanol–water partition coefficient (Wildman–Crippen LogP) is 4.66. The van der Waals surface area contributed by atoms with Gasteiger partial charge in [0, 0.05) is 4.47 Å². The van der Waals surface area contributed by atoms with E-state index in [-0.39, 0.29) is 6.61 Å². The standard InChI is InChI=1S/C16H17BrO2/c1-10-4-5-11(2)16(12(10)3)19-14-7-6-13(9-18)15(17)8-14/h4-8,18H,9H2,1-3H3. The molecule has 0 atom stereocenters. The van der Waals surface area contributed by atoms with Gasteiger partial charge in [0.25, 0.3) is 0 Å². The lowest BCUT2D eigenvalue weighted by Gasteiger charge is -2.14. The minimum atomic E-state index is 0.0172. The van der Waals surface area contributed by atoms with Gasteiger partial charge in [-0.15, -0.1) is 0 Å². The van der Waals surface area contributed by atoms with E-state index in [4.69, 9.17) is 9.84 Å². The van der Waals surface area contributed by atoms with Crippen LogP contribution in [0.4, 0.5) is 0 Å². The molecule has 0 amide bonds. The summed E-state index contributed by atoms with van der Waals surface area (Å²) in [6.45, 7) is 6.20. The molecule has 19 heavy (non-hydrogen) atoms. The summed E-state index contributed by atoms with van der Waals surface area (Å²) in [5.74, 6) is 1.67. The van der Waals surface area contributed by atoms with Crippen molar-refractivity contribution in [3.05, 3.63) is 57.1 Å². The highest BCUT2D eigenvalue weighted by Crippen LogP contribution is 2.32. The highest BCUT2D eigenvalue weighted by molar-refractivity contribution is 9.10. The second-order valence-corrected chi connectivity index (χ2v) is 5.52. The van der Waals surface area contributed by atoms with Crippen molar-refractivity contribution in [3.8, 4) is 11.5 Å².